The predicted molar refractivity (Wildman–Crippen MR) is 83.4 cm³/mol. The van der Waals surface area contributed by atoms with Crippen molar-refractivity contribution in [3.8, 4) is 0 Å². The third-order valence-electron chi connectivity index (χ3n) is 5.09. The number of nitrogens with zero attached hydrogens (tertiary/aromatic N) is 2. The van der Waals surface area contributed by atoms with Gasteiger partial charge in [0.25, 0.3) is 0 Å². The molecular weight excluding hydrogens is 246 g/mol. The highest BCUT2D eigenvalue weighted by molar-refractivity contribution is 5.22. The quantitative estimate of drug-likeness (QED) is 0.915. The van der Waals surface area contributed by atoms with Gasteiger partial charge in [0.05, 0.1) is 0 Å². The van der Waals surface area contributed by atoms with E-state index in [1.165, 1.54) is 50.0 Å². The third kappa shape index (κ3) is 3.05. The Bertz CT molecular complexity index is 428. The van der Waals surface area contributed by atoms with Crippen LogP contribution in [0.3, 0.4) is 0 Å². The Balaban J connectivity index is 1.58. The zero-order valence-corrected chi connectivity index (χ0v) is 12.6. The van der Waals surface area contributed by atoms with Crippen LogP contribution in [0.15, 0.2) is 24.3 Å². The monoisotopic (exact) mass is 273 g/mol. The van der Waals surface area contributed by atoms with Crippen LogP contribution < -0.4 is 5.73 Å². The van der Waals surface area contributed by atoms with Crippen molar-refractivity contribution >= 4 is 0 Å². The van der Waals surface area contributed by atoms with E-state index in [9.17, 15) is 0 Å². The minimum Gasteiger partial charge on any atom is -0.326 e. The molecule has 2 fully saturated rings. The number of benzene rings is 1. The molecule has 110 valence electrons. The van der Waals surface area contributed by atoms with E-state index in [0.717, 1.165) is 18.5 Å². The molecule has 2 atom stereocenters. The number of hydrogen-bond acceptors (Lipinski definition) is 3. The van der Waals surface area contributed by atoms with Gasteiger partial charge in [-0.2, -0.15) is 0 Å². The summed E-state index contributed by atoms with van der Waals surface area (Å²) in [4.78, 5) is 5.22. The second kappa shape index (κ2) is 6.25. The number of nitrogens with two attached hydrogens (primary N) is 1. The highest BCUT2D eigenvalue weighted by Gasteiger charge is 2.33. The van der Waals surface area contributed by atoms with Gasteiger partial charge in [-0.1, -0.05) is 24.3 Å². The first-order chi connectivity index (χ1) is 9.76. The molecule has 20 heavy (non-hydrogen) atoms. The molecule has 2 aliphatic heterocycles. The summed E-state index contributed by atoms with van der Waals surface area (Å²) in [6, 6.07) is 9.63. The number of piperidine rings is 2. The molecule has 0 amide bonds. The lowest BCUT2D eigenvalue weighted by Gasteiger charge is -2.46. The standard InChI is InChI=1S/C17H27N3/c1-19-9-2-3-16-13-20(10-8-17(16)19)12-15-6-4-14(11-18)5-7-15/h4-7,16-17H,2-3,8-13,18H2,1H3. The maximum absolute atomic E-state index is 5.66. The number of fused-ring (bicyclic) bond motifs is 1. The Morgan fingerprint density at radius 2 is 1.85 bits per heavy atom. The highest BCUT2D eigenvalue weighted by Crippen LogP contribution is 2.30. The van der Waals surface area contributed by atoms with Crippen LogP contribution in [-0.2, 0) is 13.1 Å². The number of likely N-dealkylation sites (tertiary alicyclic amines) is 2. The molecule has 3 rings (SSSR count). The molecule has 3 heteroatoms. The van der Waals surface area contributed by atoms with Crippen LogP contribution in [0.25, 0.3) is 0 Å². The van der Waals surface area contributed by atoms with Gasteiger partial charge in [-0.25, -0.2) is 0 Å². The Labute approximate surface area is 122 Å². The van der Waals surface area contributed by atoms with Crippen LogP contribution in [0.1, 0.15) is 30.4 Å². The van der Waals surface area contributed by atoms with Crippen molar-refractivity contribution in [3.63, 3.8) is 0 Å². The molecule has 2 unspecified atom stereocenters. The van der Waals surface area contributed by atoms with Gasteiger partial charge < -0.3 is 10.6 Å². The average Bonchev–Trinajstić information content (AvgIpc) is 2.48. The van der Waals surface area contributed by atoms with Crippen LogP contribution in [-0.4, -0.2) is 42.5 Å². The number of hydrogen-bond donors (Lipinski definition) is 1. The summed E-state index contributed by atoms with van der Waals surface area (Å²) in [5, 5.41) is 0. The van der Waals surface area contributed by atoms with Gasteiger partial charge in [0.1, 0.15) is 0 Å². The SMILES string of the molecule is CN1CCCC2CN(Cc3ccc(CN)cc3)CCC21. The molecule has 0 bridgehead atoms. The smallest absolute Gasteiger partial charge is 0.0233 e. The van der Waals surface area contributed by atoms with E-state index in [4.69, 9.17) is 5.73 Å². The third-order valence-corrected chi connectivity index (χ3v) is 5.09. The van der Waals surface area contributed by atoms with Crippen molar-refractivity contribution < 1.29 is 0 Å². The molecule has 2 heterocycles. The Morgan fingerprint density at radius 1 is 1.10 bits per heavy atom. The summed E-state index contributed by atoms with van der Waals surface area (Å²) in [7, 11) is 2.30. The molecule has 2 saturated heterocycles. The molecule has 2 N–H and O–H groups in total. The van der Waals surface area contributed by atoms with E-state index < -0.39 is 0 Å². The molecule has 0 radical (unpaired) electrons. The summed E-state index contributed by atoms with van der Waals surface area (Å²) >= 11 is 0. The zero-order valence-electron chi connectivity index (χ0n) is 12.6. The van der Waals surface area contributed by atoms with E-state index in [-0.39, 0.29) is 0 Å². The van der Waals surface area contributed by atoms with Crippen molar-refractivity contribution in [1.82, 2.24) is 9.80 Å². The molecular formula is C17H27N3. The van der Waals surface area contributed by atoms with Gasteiger partial charge in [-0.05, 0) is 56.4 Å². The highest BCUT2D eigenvalue weighted by atomic mass is 15.2. The lowest BCUT2D eigenvalue weighted by molar-refractivity contribution is 0.0355. The average molecular weight is 273 g/mol. The summed E-state index contributed by atoms with van der Waals surface area (Å²) in [6.45, 7) is 5.54. The van der Waals surface area contributed by atoms with Gasteiger partial charge in [0, 0.05) is 25.7 Å². The van der Waals surface area contributed by atoms with Gasteiger partial charge in [-0.15, -0.1) is 0 Å². The largest absolute Gasteiger partial charge is 0.326 e. The molecule has 0 aliphatic carbocycles. The molecule has 0 spiro atoms. The predicted octanol–water partition coefficient (Wildman–Crippen LogP) is 2.06. The molecule has 2 aliphatic rings. The first-order valence-corrected chi connectivity index (χ1v) is 7.97. The van der Waals surface area contributed by atoms with E-state index in [0.29, 0.717) is 6.54 Å². The van der Waals surface area contributed by atoms with E-state index in [1.54, 1.807) is 0 Å². The summed E-state index contributed by atoms with van der Waals surface area (Å²) in [5.41, 5.74) is 8.30. The minimum absolute atomic E-state index is 0.639. The second-order valence-electron chi connectivity index (χ2n) is 6.49. The van der Waals surface area contributed by atoms with Crippen molar-refractivity contribution in [1.29, 1.82) is 0 Å². The lowest BCUT2D eigenvalue weighted by atomic mass is 9.84. The second-order valence-corrected chi connectivity index (χ2v) is 6.49. The number of rotatable bonds is 3. The van der Waals surface area contributed by atoms with Gasteiger partial charge >= 0.3 is 0 Å². The molecule has 3 nitrogen and oxygen atoms in total. The van der Waals surface area contributed by atoms with E-state index >= 15 is 0 Å². The van der Waals surface area contributed by atoms with Crippen molar-refractivity contribution in [2.75, 3.05) is 26.7 Å². The van der Waals surface area contributed by atoms with Gasteiger partial charge in [0.2, 0.25) is 0 Å². The first-order valence-electron chi connectivity index (χ1n) is 7.97. The topological polar surface area (TPSA) is 32.5 Å². The maximum Gasteiger partial charge on any atom is 0.0233 e. The first kappa shape index (κ1) is 14.1. The van der Waals surface area contributed by atoms with Crippen LogP contribution in [0.5, 0.6) is 0 Å². The van der Waals surface area contributed by atoms with Crippen LogP contribution in [0.2, 0.25) is 0 Å². The van der Waals surface area contributed by atoms with Crippen molar-refractivity contribution in [3.05, 3.63) is 35.4 Å². The molecule has 0 saturated carbocycles. The molecule has 1 aromatic carbocycles. The van der Waals surface area contributed by atoms with Crippen LogP contribution in [0, 0.1) is 5.92 Å². The fourth-order valence-corrected chi connectivity index (χ4v) is 3.91. The summed E-state index contributed by atoms with van der Waals surface area (Å²) < 4.78 is 0. The van der Waals surface area contributed by atoms with Crippen molar-refractivity contribution in [2.24, 2.45) is 11.7 Å². The van der Waals surface area contributed by atoms with E-state index in [2.05, 4.69) is 41.1 Å². The minimum atomic E-state index is 0.639. The molecule has 1 aromatic rings. The Morgan fingerprint density at radius 3 is 2.60 bits per heavy atom. The van der Waals surface area contributed by atoms with Gasteiger partial charge in [-0.3, -0.25) is 4.90 Å². The normalized spacial score (nSPS) is 28.3. The van der Waals surface area contributed by atoms with Crippen molar-refractivity contribution in [2.45, 2.75) is 38.4 Å². The van der Waals surface area contributed by atoms with Crippen LogP contribution >= 0.6 is 0 Å². The fraction of sp³-hybridized carbons (Fsp3) is 0.647. The summed E-state index contributed by atoms with van der Waals surface area (Å²) in [5.74, 6) is 0.880. The molecule has 0 aromatic heterocycles. The zero-order chi connectivity index (χ0) is 13.9. The maximum atomic E-state index is 5.66. The Kier molecular flexibility index (Phi) is 4.39. The van der Waals surface area contributed by atoms with Crippen LogP contribution in [0.4, 0.5) is 0 Å². The fourth-order valence-electron chi connectivity index (χ4n) is 3.91. The van der Waals surface area contributed by atoms with E-state index in [1.807, 2.05) is 0 Å². The summed E-state index contributed by atoms with van der Waals surface area (Å²) in [6.07, 6.45) is 4.12. The Hall–Kier alpha value is -0.900. The van der Waals surface area contributed by atoms with Gasteiger partial charge in [0.15, 0.2) is 0 Å². The lowest BCUT2D eigenvalue weighted by Crippen LogP contribution is -2.52.